The standard InChI is InChI=1S/C34H27FN4O3/c1-20-6-10-22(11-7-20)31-30-27(26-4-2-3-5-28(26)37-30)18-29-33(41)38(34(42)39(29)31)25-16-12-23(13-17-25)32(40)36-19-21-8-14-24(35)15-9-21/h2-17,29,31,37H,18-19H2,1H3,(H,36,40)/t29-,31-/m0/s1. The molecule has 1 aromatic heterocycles. The number of benzene rings is 4. The van der Waals surface area contributed by atoms with E-state index in [-0.39, 0.29) is 24.2 Å². The number of carbonyl (C=O) groups is 3. The summed E-state index contributed by atoms with van der Waals surface area (Å²) in [5.74, 6) is -0.941. The summed E-state index contributed by atoms with van der Waals surface area (Å²) in [4.78, 5) is 47.1. The number of H-pyrrole nitrogens is 1. The molecule has 2 atom stereocenters. The number of aromatic amines is 1. The number of hydrogen-bond donors (Lipinski definition) is 2. The van der Waals surface area contributed by atoms with E-state index in [0.29, 0.717) is 17.7 Å². The Morgan fingerprint density at radius 2 is 1.64 bits per heavy atom. The van der Waals surface area contributed by atoms with E-state index in [1.807, 2.05) is 55.5 Å². The van der Waals surface area contributed by atoms with E-state index >= 15 is 0 Å². The van der Waals surface area contributed by atoms with E-state index in [4.69, 9.17) is 0 Å². The molecule has 7 rings (SSSR count). The zero-order valence-corrected chi connectivity index (χ0v) is 22.8. The quantitative estimate of drug-likeness (QED) is 0.259. The molecule has 2 N–H and O–H groups in total. The number of imide groups is 1. The fourth-order valence-electron chi connectivity index (χ4n) is 6.06. The van der Waals surface area contributed by atoms with Crippen molar-refractivity contribution in [3.63, 3.8) is 0 Å². The van der Waals surface area contributed by atoms with Crippen LogP contribution in [0.3, 0.4) is 0 Å². The van der Waals surface area contributed by atoms with Crippen LogP contribution < -0.4 is 10.2 Å². The Balaban J connectivity index is 1.19. The van der Waals surface area contributed by atoms with Gasteiger partial charge in [-0.25, -0.2) is 14.1 Å². The molecule has 0 radical (unpaired) electrons. The molecule has 3 heterocycles. The second-order valence-electron chi connectivity index (χ2n) is 10.8. The third kappa shape index (κ3) is 4.23. The molecule has 208 valence electrons. The van der Waals surface area contributed by atoms with Crippen LogP contribution in [-0.4, -0.2) is 33.8 Å². The highest BCUT2D eigenvalue weighted by molar-refractivity contribution is 6.22. The Kier molecular flexibility index (Phi) is 6.12. The zero-order valence-electron chi connectivity index (χ0n) is 22.8. The molecule has 42 heavy (non-hydrogen) atoms. The van der Waals surface area contributed by atoms with E-state index in [9.17, 15) is 18.8 Å². The van der Waals surface area contributed by atoms with Crippen LogP contribution in [0.1, 0.15) is 44.3 Å². The summed E-state index contributed by atoms with van der Waals surface area (Å²) in [6, 6.07) is 26.9. The number of aryl methyl sites for hydroxylation is 1. The topological polar surface area (TPSA) is 85.5 Å². The number of urea groups is 1. The normalized spacial score (nSPS) is 17.9. The number of anilines is 1. The van der Waals surface area contributed by atoms with Crippen LogP contribution in [0.5, 0.6) is 0 Å². The van der Waals surface area contributed by atoms with Gasteiger partial charge < -0.3 is 10.3 Å². The maximum Gasteiger partial charge on any atom is 0.332 e. The van der Waals surface area contributed by atoms with Crippen LogP contribution in [-0.2, 0) is 17.8 Å². The highest BCUT2D eigenvalue weighted by atomic mass is 19.1. The number of rotatable bonds is 5. The minimum Gasteiger partial charge on any atom is -0.356 e. The van der Waals surface area contributed by atoms with Crippen molar-refractivity contribution in [1.29, 1.82) is 0 Å². The second kappa shape index (κ2) is 9.99. The molecule has 0 aliphatic carbocycles. The lowest BCUT2D eigenvalue weighted by molar-refractivity contribution is -0.120. The SMILES string of the molecule is Cc1ccc([C@H]2c3[nH]c4ccccc4c3C[C@H]3C(=O)N(c4ccc(C(=O)NCc5ccc(F)cc5)cc4)C(=O)N23)cc1. The second-order valence-corrected chi connectivity index (χ2v) is 10.8. The number of nitrogens with zero attached hydrogens (tertiary/aromatic N) is 2. The average Bonchev–Trinajstić information content (AvgIpc) is 3.50. The molecule has 2 aliphatic heterocycles. The van der Waals surface area contributed by atoms with Crippen molar-refractivity contribution in [2.75, 3.05) is 4.90 Å². The van der Waals surface area contributed by atoms with E-state index in [1.165, 1.54) is 17.0 Å². The van der Waals surface area contributed by atoms with Crippen molar-refractivity contribution in [3.05, 3.63) is 136 Å². The summed E-state index contributed by atoms with van der Waals surface area (Å²) >= 11 is 0. The summed E-state index contributed by atoms with van der Waals surface area (Å²) in [5.41, 5.74) is 6.55. The molecule has 4 amide bonds. The van der Waals surface area contributed by atoms with Gasteiger partial charge in [-0.05, 0) is 66.1 Å². The van der Waals surface area contributed by atoms with E-state index in [0.717, 1.165) is 38.9 Å². The van der Waals surface area contributed by atoms with Gasteiger partial charge >= 0.3 is 6.03 Å². The van der Waals surface area contributed by atoms with E-state index in [1.54, 1.807) is 41.3 Å². The number of hydrogen-bond acceptors (Lipinski definition) is 3. The molecule has 7 nitrogen and oxygen atoms in total. The van der Waals surface area contributed by atoms with Gasteiger partial charge in [0.1, 0.15) is 17.9 Å². The van der Waals surface area contributed by atoms with Crippen molar-refractivity contribution in [2.45, 2.75) is 32.0 Å². The first-order chi connectivity index (χ1) is 20.4. The Morgan fingerprint density at radius 1 is 0.929 bits per heavy atom. The van der Waals surface area contributed by atoms with Gasteiger partial charge in [0.15, 0.2) is 0 Å². The van der Waals surface area contributed by atoms with Crippen LogP contribution in [0.15, 0.2) is 97.1 Å². The van der Waals surface area contributed by atoms with Gasteiger partial charge in [0.05, 0.1) is 5.69 Å². The van der Waals surface area contributed by atoms with Crippen LogP contribution in [0.4, 0.5) is 14.9 Å². The van der Waals surface area contributed by atoms with Crippen molar-refractivity contribution in [2.24, 2.45) is 0 Å². The maximum atomic E-state index is 14.0. The van der Waals surface area contributed by atoms with Crippen molar-refractivity contribution in [1.82, 2.24) is 15.2 Å². The highest BCUT2D eigenvalue weighted by Crippen LogP contribution is 2.44. The number of halogens is 1. The number of aromatic nitrogens is 1. The van der Waals surface area contributed by atoms with Gasteiger partial charge in [-0.1, -0.05) is 60.2 Å². The summed E-state index contributed by atoms with van der Waals surface area (Å²) in [6.45, 7) is 2.26. The third-order valence-electron chi connectivity index (χ3n) is 8.20. The summed E-state index contributed by atoms with van der Waals surface area (Å²) in [6.07, 6.45) is 0.409. The molecule has 4 aromatic carbocycles. The largest absolute Gasteiger partial charge is 0.356 e. The fraction of sp³-hybridized carbons (Fsp3) is 0.147. The zero-order chi connectivity index (χ0) is 29.0. The molecule has 0 unspecified atom stereocenters. The monoisotopic (exact) mass is 558 g/mol. The van der Waals surface area contributed by atoms with Crippen LogP contribution in [0.2, 0.25) is 0 Å². The molecular weight excluding hydrogens is 531 g/mol. The maximum absolute atomic E-state index is 14.0. The third-order valence-corrected chi connectivity index (χ3v) is 8.20. The Hall–Kier alpha value is -5.24. The number of nitrogens with one attached hydrogen (secondary N) is 2. The van der Waals surface area contributed by atoms with Crippen LogP contribution in [0.25, 0.3) is 10.9 Å². The molecule has 2 aliphatic rings. The van der Waals surface area contributed by atoms with Crippen LogP contribution >= 0.6 is 0 Å². The lowest BCUT2D eigenvalue weighted by Gasteiger charge is -2.36. The van der Waals surface area contributed by atoms with Gasteiger partial charge in [-0.2, -0.15) is 0 Å². The highest BCUT2D eigenvalue weighted by Gasteiger charge is 2.53. The van der Waals surface area contributed by atoms with E-state index < -0.39 is 18.1 Å². The predicted molar refractivity (Wildman–Crippen MR) is 158 cm³/mol. The molecule has 0 spiro atoms. The van der Waals surface area contributed by atoms with Gasteiger partial charge in [0, 0.05) is 35.1 Å². The molecular formula is C34H27FN4O3. The summed E-state index contributed by atoms with van der Waals surface area (Å²) < 4.78 is 13.2. The molecule has 0 saturated carbocycles. The molecule has 8 heteroatoms. The number of fused-ring (bicyclic) bond motifs is 4. The Bertz CT molecular complexity index is 1850. The molecule has 0 bridgehead atoms. The van der Waals surface area contributed by atoms with Gasteiger partial charge in [0.2, 0.25) is 0 Å². The smallest absolute Gasteiger partial charge is 0.332 e. The number of carbonyl (C=O) groups excluding carboxylic acids is 3. The van der Waals surface area contributed by atoms with E-state index in [2.05, 4.69) is 10.3 Å². The minimum atomic E-state index is -0.658. The van der Waals surface area contributed by atoms with Crippen molar-refractivity contribution >= 4 is 34.4 Å². The van der Waals surface area contributed by atoms with Crippen molar-refractivity contribution < 1.29 is 18.8 Å². The fourth-order valence-corrected chi connectivity index (χ4v) is 6.06. The van der Waals surface area contributed by atoms with Gasteiger partial charge in [-0.3, -0.25) is 14.5 Å². The predicted octanol–water partition coefficient (Wildman–Crippen LogP) is 6.03. The van der Waals surface area contributed by atoms with Gasteiger partial charge in [-0.15, -0.1) is 0 Å². The first-order valence-corrected chi connectivity index (χ1v) is 13.8. The molecule has 1 fully saturated rings. The lowest BCUT2D eigenvalue weighted by atomic mass is 9.88. The first-order valence-electron chi connectivity index (χ1n) is 13.8. The Morgan fingerprint density at radius 3 is 2.38 bits per heavy atom. The Labute approximate surface area is 241 Å². The average molecular weight is 559 g/mol. The number of amides is 4. The summed E-state index contributed by atoms with van der Waals surface area (Å²) in [7, 11) is 0. The van der Waals surface area contributed by atoms with Crippen LogP contribution in [0, 0.1) is 12.7 Å². The van der Waals surface area contributed by atoms with Crippen molar-refractivity contribution in [3.8, 4) is 0 Å². The van der Waals surface area contributed by atoms with Gasteiger partial charge in [0.25, 0.3) is 11.8 Å². The summed E-state index contributed by atoms with van der Waals surface area (Å²) in [5, 5.41) is 3.87. The molecule has 1 saturated heterocycles. The first kappa shape index (κ1) is 25.7. The molecule has 5 aromatic rings. The lowest BCUT2D eigenvalue weighted by Crippen LogP contribution is -2.44. The number of para-hydroxylation sites is 1. The minimum absolute atomic E-state index is 0.246.